The number of aromatic nitrogens is 1. The Hall–Kier alpha value is -0.870. The van der Waals surface area contributed by atoms with E-state index in [1.165, 1.54) is 9.75 Å². The molecule has 0 aliphatic carbocycles. The third-order valence-corrected chi connectivity index (χ3v) is 4.58. The van der Waals surface area contributed by atoms with Crippen LogP contribution in [0.2, 0.25) is 0 Å². The minimum atomic E-state index is 0.238. The van der Waals surface area contributed by atoms with Crippen molar-refractivity contribution < 1.29 is 0 Å². The number of hydrogen-bond donors (Lipinski definition) is 1. The van der Waals surface area contributed by atoms with Gasteiger partial charge >= 0.3 is 0 Å². The van der Waals surface area contributed by atoms with Gasteiger partial charge in [-0.1, -0.05) is 20.8 Å². The molecule has 2 rings (SSSR count). The molecule has 0 radical (unpaired) electrons. The van der Waals surface area contributed by atoms with Crippen molar-refractivity contribution in [3.8, 4) is 0 Å². The molecular weight excluding hydrogens is 308 g/mol. The van der Waals surface area contributed by atoms with E-state index >= 15 is 0 Å². The molecule has 96 valence electrons. The zero-order chi connectivity index (χ0) is 13.2. The summed E-state index contributed by atoms with van der Waals surface area (Å²) in [6, 6.07) is 8.39. The smallest absolute Gasteiger partial charge is 0.106 e. The number of nitrogens with one attached hydrogen (secondary N) is 1. The maximum Gasteiger partial charge on any atom is 0.106 e. The van der Waals surface area contributed by atoms with E-state index in [1.807, 2.05) is 29.7 Å². The molecule has 0 aliphatic heterocycles. The highest BCUT2D eigenvalue weighted by Gasteiger charge is 2.15. The highest BCUT2D eigenvalue weighted by Crippen LogP contribution is 2.29. The first-order valence-electron chi connectivity index (χ1n) is 5.90. The van der Waals surface area contributed by atoms with E-state index in [0.29, 0.717) is 0 Å². The fourth-order valence-electron chi connectivity index (χ4n) is 1.55. The van der Waals surface area contributed by atoms with Gasteiger partial charge < -0.3 is 5.32 Å². The fraction of sp³-hybridized carbons (Fsp3) is 0.357. The second kappa shape index (κ2) is 5.41. The number of thiophene rings is 1. The van der Waals surface area contributed by atoms with Crippen molar-refractivity contribution in [3.63, 3.8) is 0 Å². The molecule has 0 saturated carbocycles. The number of halogens is 1. The van der Waals surface area contributed by atoms with E-state index in [2.05, 4.69) is 59.1 Å². The second-order valence-corrected chi connectivity index (χ2v) is 7.22. The lowest BCUT2D eigenvalue weighted by Crippen LogP contribution is -2.07. The van der Waals surface area contributed by atoms with Crippen molar-refractivity contribution in [2.24, 2.45) is 0 Å². The van der Waals surface area contributed by atoms with Gasteiger partial charge in [-0.25, -0.2) is 4.98 Å². The van der Waals surface area contributed by atoms with Crippen LogP contribution in [0.4, 0.5) is 5.69 Å². The summed E-state index contributed by atoms with van der Waals surface area (Å²) in [6.07, 6.45) is 1.84. The lowest BCUT2D eigenvalue weighted by molar-refractivity contribution is 0.604. The van der Waals surface area contributed by atoms with Crippen LogP contribution in [0.3, 0.4) is 0 Å². The minimum Gasteiger partial charge on any atom is -0.379 e. The van der Waals surface area contributed by atoms with Gasteiger partial charge in [0.1, 0.15) is 4.60 Å². The maximum absolute atomic E-state index is 4.19. The third kappa shape index (κ3) is 3.56. The van der Waals surface area contributed by atoms with Crippen LogP contribution in [0.1, 0.15) is 30.5 Å². The predicted molar refractivity (Wildman–Crippen MR) is 82.3 cm³/mol. The van der Waals surface area contributed by atoms with Crippen LogP contribution < -0.4 is 5.32 Å². The first-order valence-corrected chi connectivity index (χ1v) is 7.51. The molecule has 0 spiro atoms. The molecular formula is C14H17BrN2S. The van der Waals surface area contributed by atoms with Gasteiger partial charge in [0.2, 0.25) is 0 Å². The van der Waals surface area contributed by atoms with Gasteiger partial charge in [0, 0.05) is 16.3 Å². The Balaban J connectivity index is 1.98. The number of rotatable bonds is 3. The van der Waals surface area contributed by atoms with E-state index in [9.17, 15) is 0 Å². The van der Waals surface area contributed by atoms with E-state index in [0.717, 1.165) is 16.8 Å². The molecule has 0 fully saturated rings. The third-order valence-electron chi connectivity index (χ3n) is 2.59. The van der Waals surface area contributed by atoms with Crippen LogP contribution in [0.25, 0.3) is 0 Å². The van der Waals surface area contributed by atoms with Gasteiger partial charge in [0.25, 0.3) is 0 Å². The zero-order valence-electron chi connectivity index (χ0n) is 10.8. The summed E-state index contributed by atoms with van der Waals surface area (Å²) in [5.41, 5.74) is 1.28. The molecule has 4 heteroatoms. The van der Waals surface area contributed by atoms with Crippen molar-refractivity contribution in [3.05, 3.63) is 44.8 Å². The number of pyridine rings is 1. The molecule has 0 bridgehead atoms. The highest BCUT2D eigenvalue weighted by molar-refractivity contribution is 9.10. The molecule has 0 atom stereocenters. The van der Waals surface area contributed by atoms with Crippen LogP contribution in [0, 0.1) is 0 Å². The zero-order valence-corrected chi connectivity index (χ0v) is 13.2. The maximum atomic E-state index is 4.19. The van der Waals surface area contributed by atoms with Crippen molar-refractivity contribution in [1.82, 2.24) is 4.98 Å². The van der Waals surface area contributed by atoms with Gasteiger partial charge in [-0.15, -0.1) is 11.3 Å². The van der Waals surface area contributed by atoms with Crippen LogP contribution in [-0.4, -0.2) is 4.98 Å². The second-order valence-electron chi connectivity index (χ2n) is 5.24. The van der Waals surface area contributed by atoms with Gasteiger partial charge in [-0.3, -0.25) is 0 Å². The summed E-state index contributed by atoms with van der Waals surface area (Å²) >= 11 is 5.20. The predicted octanol–water partition coefficient (Wildman–Crippen LogP) is 4.82. The van der Waals surface area contributed by atoms with Crippen LogP contribution in [-0.2, 0) is 12.0 Å². The normalized spacial score (nSPS) is 11.6. The summed E-state index contributed by atoms with van der Waals surface area (Å²) in [5, 5.41) is 3.38. The Labute approximate surface area is 121 Å². The summed E-state index contributed by atoms with van der Waals surface area (Å²) in [7, 11) is 0. The summed E-state index contributed by atoms with van der Waals surface area (Å²) in [6.45, 7) is 7.59. The Morgan fingerprint density at radius 1 is 1.22 bits per heavy atom. The molecule has 1 N–H and O–H groups in total. The average molecular weight is 325 g/mol. The van der Waals surface area contributed by atoms with Crippen molar-refractivity contribution in [1.29, 1.82) is 0 Å². The molecule has 2 aromatic heterocycles. The Bertz CT molecular complexity index is 511. The van der Waals surface area contributed by atoms with Crippen LogP contribution >= 0.6 is 27.3 Å². The Morgan fingerprint density at radius 2 is 2.00 bits per heavy atom. The monoisotopic (exact) mass is 324 g/mol. The molecule has 0 aliphatic rings. The van der Waals surface area contributed by atoms with Crippen LogP contribution in [0.5, 0.6) is 0 Å². The fourth-order valence-corrected chi connectivity index (χ4v) is 2.79. The SMILES string of the molecule is CC(C)(C)c1ccc(CNc2ccc(Br)nc2)s1. The number of anilines is 1. The first kappa shape index (κ1) is 13.6. The molecule has 2 nitrogen and oxygen atoms in total. The van der Waals surface area contributed by atoms with E-state index in [1.54, 1.807) is 0 Å². The van der Waals surface area contributed by atoms with E-state index in [-0.39, 0.29) is 5.41 Å². The van der Waals surface area contributed by atoms with Crippen molar-refractivity contribution >= 4 is 33.0 Å². The molecule has 0 saturated heterocycles. The quantitative estimate of drug-likeness (QED) is 0.819. The summed E-state index contributed by atoms with van der Waals surface area (Å²) < 4.78 is 0.860. The van der Waals surface area contributed by atoms with E-state index in [4.69, 9.17) is 0 Å². The van der Waals surface area contributed by atoms with Crippen molar-refractivity contribution in [2.45, 2.75) is 32.7 Å². The minimum absolute atomic E-state index is 0.238. The Kier molecular flexibility index (Phi) is 4.07. The van der Waals surface area contributed by atoms with Gasteiger partial charge in [-0.05, 0) is 45.6 Å². The van der Waals surface area contributed by atoms with Crippen molar-refractivity contribution in [2.75, 3.05) is 5.32 Å². The molecule has 2 heterocycles. The van der Waals surface area contributed by atoms with Gasteiger partial charge in [-0.2, -0.15) is 0 Å². The van der Waals surface area contributed by atoms with E-state index < -0.39 is 0 Å². The van der Waals surface area contributed by atoms with Gasteiger partial charge in [0.15, 0.2) is 0 Å². The standard InChI is InChI=1S/C14H17BrN2S/c1-14(2,3)12-6-5-11(18-12)9-16-10-4-7-13(15)17-8-10/h4-8,16H,9H2,1-3H3. The molecule has 18 heavy (non-hydrogen) atoms. The topological polar surface area (TPSA) is 24.9 Å². The molecule has 2 aromatic rings. The lowest BCUT2D eigenvalue weighted by atomic mass is 9.95. The molecule has 0 unspecified atom stereocenters. The first-order chi connectivity index (χ1) is 8.45. The van der Waals surface area contributed by atoms with Crippen LogP contribution in [0.15, 0.2) is 35.1 Å². The average Bonchev–Trinajstić information content (AvgIpc) is 2.77. The number of nitrogens with zero attached hydrogens (tertiary/aromatic N) is 1. The lowest BCUT2D eigenvalue weighted by Gasteiger charge is -2.15. The number of hydrogen-bond acceptors (Lipinski definition) is 3. The largest absolute Gasteiger partial charge is 0.379 e. The van der Waals surface area contributed by atoms with Gasteiger partial charge in [0.05, 0.1) is 11.9 Å². The summed E-state index contributed by atoms with van der Waals surface area (Å²) in [5.74, 6) is 0. The summed E-state index contributed by atoms with van der Waals surface area (Å²) in [4.78, 5) is 6.97. The Morgan fingerprint density at radius 3 is 2.56 bits per heavy atom. The molecule has 0 aromatic carbocycles. The molecule has 0 amide bonds. The highest BCUT2D eigenvalue weighted by atomic mass is 79.9.